The molecule has 2 N–H and O–H groups in total. The van der Waals surface area contributed by atoms with Crippen molar-refractivity contribution in [1.29, 1.82) is 0 Å². The van der Waals surface area contributed by atoms with Gasteiger partial charge in [-0.05, 0) is 18.2 Å². The van der Waals surface area contributed by atoms with Crippen LogP contribution in [0.2, 0.25) is 0 Å². The molecule has 0 atom stereocenters. The summed E-state index contributed by atoms with van der Waals surface area (Å²) < 4.78 is 15.3. The predicted molar refractivity (Wildman–Crippen MR) is 81.1 cm³/mol. The smallest absolute Gasteiger partial charge is 0.338 e. The van der Waals surface area contributed by atoms with Crippen molar-refractivity contribution in [3.05, 3.63) is 35.9 Å². The van der Waals surface area contributed by atoms with Crippen LogP contribution in [0.5, 0.6) is 0 Å². The minimum atomic E-state index is -1.06. The third-order valence-electron chi connectivity index (χ3n) is 3.03. The summed E-state index contributed by atoms with van der Waals surface area (Å²) >= 11 is 1.45. The summed E-state index contributed by atoms with van der Waals surface area (Å²) in [7, 11) is 0. The molecule has 0 saturated heterocycles. The van der Waals surface area contributed by atoms with Crippen molar-refractivity contribution in [3.63, 3.8) is 0 Å². The third-order valence-corrected chi connectivity index (χ3v) is 4.27. The molecule has 0 amide bonds. The average Bonchev–Trinajstić information content (AvgIpc) is 3.10. The first-order valence-corrected chi connectivity index (χ1v) is 7.67. The molecule has 0 fully saturated rings. The van der Waals surface area contributed by atoms with Crippen LogP contribution in [0.15, 0.2) is 29.4 Å². The predicted octanol–water partition coefficient (Wildman–Crippen LogP) is 3.09. The Morgan fingerprint density at radius 1 is 1.50 bits per heavy atom. The fraction of sp³-hybridized carbons (Fsp3) is 0.214. The van der Waals surface area contributed by atoms with Crippen molar-refractivity contribution in [2.75, 3.05) is 5.75 Å². The van der Waals surface area contributed by atoms with Gasteiger partial charge in [-0.1, -0.05) is 6.92 Å². The number of benzene rings is 1. The molecule has 3 rings (SSSR count). The SMILES string of the molecule is CCCSc1cc2nc(-n3cc(C(=O)O)cn3)[nH]c2cc1F. The lowest BCUT2D eigenvalue weighted by Gasteiger charge is -2.01. The van der Waals surface area contributed by atoms with Crippen LogP contribution < -0.4 is 0 Å². The number of nitrogens with one attached hydrogen (secondary N) is 1. The van der Waals surface area contributed by atoms with E-state index in [-0.39, 0.29) is 11.4 Å². The molecule has 0 aliphatic heterocycles. The van der Waals surface area contributed by atoms with Crippen LogP contribution in [0.4, 0.5) is 4.39 Å². The van der Waals surface area contributed by atoms with Gasteiger partial charge in [-0.2, -0.15) is 5.10 Å². The summed E-state index contributed by atoms with van der Waals surface area (Å²) in [5, 5.41) is 12.8. The maximum absolute atomic E-state index is 14.0. The number of halogens is 1. The Bertz CT molecular complexity index is 843. The zero-order valence-corrected chi connectivity index (χ0v) is 12.5. The molecule has 8 heteroatoms. The largest absolute Gasteiger partial charge is 0.478 e. The van der Waals surface area contributed by atoms with Crippen LogP contribution in [0, 0.1) is 5.82 Å². The fourth-order valence-electron chi connectivity index (χ4n) is 1.98. The number of H-pyrrole nitrogens is 1. The number of hydrogen-bond donors (Lipinski definition) is 2. The number of aromatic amines is 1. The molecule has 22 heavy (non-hydrogen) atoms. The second kappa shape index (κ2) is 5.80. The minimum absolute atomic E-state index is 0.0610. The molecule has 2 heterocycles. The van der Waals surface area contributed by atoms with Gasteiger partial charge in [-0.25, -0.2) is 18.9 Å². The number of aromatic carboxylic acids is 1. The lowest BCUT2D eigenvalue weighted by Crippen LogP contribution is -1.97. The Morgan fingerprint density at radius 2 is 2.32 bits per heavy atom. The monoisotopic (exact) mass is 320 g/mol. The van der Waals surface area contributed by atoms with Gasteiger partial charge in [0.1, 0.15) is 5.82 Å². The zero-order chi connectivity index (χ0) is 15.7. The van der Waals surface area contributed by atoms with Gasteiger partial charge in [0.05, 0.1) is 22.8 Å². The molecule has 2 aromatic heterocycles. The normalized spacial score (nSPS) is 11.2. The number of hydrogen-bond acceptors (Lipinski definition) is 4. The van der Waals surface area contributed by atoms with E-state index in [1.165, 1.54) is 34.9 Å². The first-order valence-electron chi connectivity index (χ1n) is 6.69. The molecular formula is C14H13FN4O2S. The molecule has 3 aromatic rings. The quantitative estimate of drug-likeness (QED) is 0.706. The first-order chi connectivity index (χ1) is 10.6. The highest BCUT2D eigenvalue weighted by Crippen LogP contribution is 2.27. The maximum Gasteiger partial charge on any atom is 0.338 e. The second-order valence-corrected chi connectivity index (χ2v) is 5.82. The summed E-state index contributed by atoms with van der Waals surface area (Å²) in [5.74, 6) is -0.181. The van der Waals surface area contributed by atoms with Gasteiger partial charge < -0.3 is 10.1 Å². The second-order valence-electron chi connectivity index (χ2n) is 4.69. The van der Waals surface area contributed by atoms with E-state index in [9.17, 15) is 9.18 Å². The molecule has 0 bridgehead atoms. The number of carbonyl (C=O) groups is 1. The number of carboxylic acids is 1. The van der Waals surface area contributed by atoms with Crippen molar-refractivity contribution in [2.24, 2.45) is 0 Å². The zero-order valence-electron chi connectivity index (χ0n) is 11.7. The summed E-state index contributed by atoms with van der Waals surface area (Å²) in [6.45, 7) is 2.04. The fourth-order valence-corrected chi connectivity index (χ4v) is 2.79. The van der Waals surface area contributed by atoms with Crippen LogP contribution in [0.1, 0.15) is 23.7 Å². The maximum atomic E-state index is 14.0. The Balaban J connectivity index is 1.99. The standard InChI is InChI=1S/C14H13FN4O2S/c1-2-3-22-12-5-11-10(4-9(12)15)17-14(18-11)19-7-8(6-16-19)13(20)21/h4-7H,2-3H2,1H3,(H,17,18)(H,20,21). The van der Waals surface area contributed by atoms with Crippen molar-refractivity contribution >= 4 is 28.8 Å². The topological polar surface area (TPSA) is 83.8 Å². The van der Waals surface area contributed by atoms with Crippen molar-refractivity contribution < 1.29 is 14.3 Å². The Labute approximate surface area is 129 Å². The van der Waals surface area contributed by atoms with Gasteiger partial charge in [-0.3, -0.25) is 0 Å². The number of fused-ring (bicyclic) bond motifs is 1. The van der Waals surface area contributed by atoms with E-state index in [4.69, 9.17) is 5.11 Å². The van der Waals surface area contributed by atoms with E-state index in [1.807, 2.05) is 6.92 Å². The average molecular weight is 320 g/mol. The van der Waals surface area contributed by atoms with E-state index in [2.05, 4.69) is 15.1 Å². The molecule has 0 saturated carbocycles. The van der Waals surface area contributed by atoms with Gasteiger partial charge in [0, 0.05) is 17.2 Å². The number of carboxylic acid groups (broad SMARTS) is 1. The lowest BCUT2D eigenvalue weighted by molar-refractivity contribution is 0.0697. The van der Waals surface area contributed by atoms with Gasteiger partial charge in [0.15, 0.2) is 0 Å². The number of nitrogens with zero attached hydrogens (tertiary/aromatic N) is 3. The number of rotatable bonds is 5. The summed E-state index contributed by atoms with van der Waals surface area (Å²) in [6.07, 6.45) is 3.54. The van der Waals surface area contributed by atoms with Crippen molar-refractivity contribution in [3.8, 4) is 5.95 Å². The lowest BCUT2D eigenvalue weighted by atomic mass is 10.3. The summed E-state index contributed by atoms with van der Waals surface area (Å²) in [4.78, 5) is 18.7. The van der Waals surface area contributed by atoms with E-state index < -0.39 is 5.97 Å². The van der Waals surface area contributed by atoms with Gasteiger partial charge in [0.2, 0.25) is 5.95 Å². The highest BCUT2D eigenvalue weighted by Gasteiger charge is 2.12. The van der Waals surface area contributed by atoms with E-state index in [0.29, 0.717) is 21.9 Å². The Kier molecular flexibility index (Phi) is 3.84. The van der Waals surface area contributed by atoms with Crippen LogP contribution in [0.25, 0.3) is 17.0 Å². The third kappa shape index (κ3) is 2.69. The molecule has 6 nitrogen and oxygen atoms in total. The van der Waals surface area contributed by atoms with E-state index >= 15 is 0 Å². The van der Waals surface area contributed by atoms with E-state index in [0.717, 1.165) is 12.2 Å². The molecule has 0 aliphatic carbocycles. The highest BCUT2D eigenvalue weighted by molar-refractivity contribution is 7.99. The highest BCUT2D eigenvalue weighted by atomic mass is 32.2. The minimum Gasteiger partial charge on any atom is -0.478 e. The van der Waals surface area contributed by atoms with Crippen LogP contribution in [0.3, 0.4) is 0 Å². The molecular weight excluding hydrogens is 307 g/mol. The first kappa shape index (κ1) is 14.6. The summed E-state index contributed by atoms with van der Waals surface area (Å²) in [5.41, 5.74) is 1.22. The van der Waals surface area contributed by atoms with Crippen molar-refractivity contribution in [1.82, 2.24) is 19.7 Å². The van der Waals surface area contributed by atoms with Gasteiger partial charge in [-0.15, -0.1) is 11.8 Å². The molecule has 1 aromatic carbocycles. The van der Waals surface area contributed by atoms with Crippen molar-refractivity contribution in [2.45, 2.75) is 18.2 Å². The summed E-state index contributed by atoms with van der Waals surface area (Å²) in [6, 6.07) is 3.08. The van der Waals surface area contributed by atoms with Gasteiger partial charge in [0.25, 0.3) is 0 Å². The number of aromatic nitrogens is 4. The Morgan fingerprint density at radius 3 is 3.00 bits per heavy atom. The molecule has 0 radical (unpaired) electrons. The number of imidazole rings is 1. The number of thioether (sulfide) groups is 1. The molecule has 114 valence electrons. The molecule has 0 aliphatic rings. The molecule has 0 unspecified atom stereocenters. The van der Waals surface area contributed by atoms with Gasteiger partial charge >= 0.3 is 5.97 Å². The van der Waals surface area contributed by atoms with Crippen LogP contribution in [-0.4, -0.2) is 36.6 Å². The van der Waals surface area contributed by atoms with Crippen LogP contribution in [-0.2, 0) is 0 Å². The molecule has 0 spiro atoms. The van der Waals surface area contributed by atoms with Crippen LogP contribution >= 0.6 is 11.8 Å². The Hall–Kier alpha value is -2.35. The van der Waals surface area contributed by atoms with E-state index in [1.54, 1.807) is 6.07 Å².